The molecule has 0 aliphatic carbocycles. The van der Waals surface area contributed by atoms with Crippen LogP contribution in [0.15, 0.2) is 49.1 Å². The smallest absolute Gasteiger partial charge is 0.417 e. The standard InChI is InChI=1S/C21H12F6N6O3/c22-12-2-1-3-14(18(12)24)32-17(34)8-33-7-10(6-30-33)31-19-11-4-13(23)16(5-15(11)28-9-29-19)36-20(35)21(25,26)27/h1-7,9H,8H2,(H,32,34)(H,28,29,31). The predicted molar refractivity (Wildman–Crippen MR) is 112 cm³/mol. The van der Waals surface area contributed by atoms with Crippen LogP contribution in [0.1, 0.15) is 0 Å². The molecule has 0 saturated carbocycles. The van der Waals surface area contributed by atoms with Gasteiger partial charge in [-0.1, -0.05) is 6.07 Å². The summed E-state index contributed by atoms with van der Waals surface area (Å²) in [5.74, 6) is -7.85. The van der Waals surface area contributed by atoms with Gasteiger partial charge in [-0.3, -0.25) is 9.48 Å². The Morgan fingerprint density at radius 1 is 1.06 bits per heavy atom. The summed E-state index contributed by atoms with van der Waals surface area (Å²) < 4.78 is 83.8. The highest BCUT2D eigenvalue weighted by molar-refractivity contribution is 5.92. The van der Waals surface area contributed by atoms with Crippen molar-refractivity contribution in [2.45, 2.75) is 12.7 Å². The molecule has 0 atom stereocenters. The van der Waals surface area contributed by atoms with Gasteiger partial charge in [0.25, 0.3) is 0 Å². The molecule has 0 radical (unpaired) electrons. The van der Waals surface area contributed by atoms with Crippen LogP contribution in [0.25, 0.3) is 10.9 Å². The molecule has 0 unspecified atom stereocenters. The fraction of sp³-hybridized carbons (Fsp3) is 0.0952. The Labute approximate surface area is 196 Å². The molecule has 2 aromatic heterocycles. The maximum absolute atomic E-state index is 14.3. The summed E-state index contributed by atoms with van der Waals surface area (Å²) in [6.45, 7) is -0.370. The quantitative estimate of drug-likeness (QED) is 0.228. The predicted octanol–water partition coefficient (Wildman–Crippen LogP) is 4.09. The van der Waals surface area contributed by atoms with Crippen LogP contribution in [0.4, 0.5) is 43.5 Å². The first-order valence-corrected chi connectivity index (χ1v) is 9.78. The molecular formula is C21H12F6N6O3. The molecule has 0 saturated heterocycles. The number of hydrogen-bond donors (Lipinski definition) is 2. The van der Waals surface area contributed by atoms with E-state index in [1.54, 1.807) is 0 Å². The average molecular weight is 510 g/mol. The molecule has 36 heavy (non-hydrogen) atoms. The second kappa shape index (κ2) is 9.52. The Hall–Kier alpha value is -4.69. The maximum Gasteiger partial charge on any atom is 0.491 e. The molecule has 1 amide bonds. The Balaban J connectivity index is 1.49. The van der Waals surface area contributed by atoms with Crippen LogP contribution in [-0.2, 0) is 16.1 Å². The normalized spacial score (nSPS) is 11.4. The van der Waals surface area contributed by atoms with Crippen LogP contribution < -0.4 is 15.4 Å². The number of hydrogen-bond acceptors (Lipinski definition) is 7. The summed E-state index contributed by atoms with van der Waals surface area (Å²) in [5, 5.41) is 8.98. The molecule has 186 valence electrons. The number of anilines is 3. The van der Waals surface area contributed by atoms with Crippen LogP contribution in [0.3, 0.4) is 0 Å². The summed E-state index contributed by atoms with van der Waals surface area (Å²) in [4.78, 5) is 30.9. The molecule has 9 nitrogen and oxygen atoms in total. The van der Waals surface area contributed by atoms with Gasteiger partial charge in [0.2, 0.25) is 5.91 Å². The van der Waals surface area contributed by atoms with Gasteiger partial charge in [-0.05, 0) is 18.2 Å². The Morgan fingerprint density at radius 2 is 1.83 bits per heavy atom. The zero-order chi connectivity index (χ0) is 26.0. The fourth-order valence-electron chi connectivity index (χ4n) is 2.98. The van der Waals surface area contributed by atoms with Gasteiger partial charge in [-0.25, -0.2) is 27.9 Å². The van der Waals surface area contributed by atoms with E-state index in [1.807, 2.05) is 0 Å². The summed E-state index contributed by atoms with van der Waals surface area (Å²) in [6, 6.07) is 4.89. The van der Waals surface area contributed by atoms with E-state index >= 15 is 0 Å². The number of amides is 1. The molecule has 4 aromatic rings. The van der Waals surface area contributed by atoms with Gasteiger partial charge in [0, 0.05) is 17.6 Å². The molecule has 0 aliphatic heterocycles. The maximum atomic E-state index is 14.3. The number of fused-ring (bicyclic) bond motifs is 1. The first-order chi connectivity index (χ1) is 17.0. The van der Waals surface area contributed by atoms with Crippen molar-refractivity contribution in [3.05, 3.63) is 66.5 Å². The van der Waals surface area contributed by atoms with E-state index in [4.69, 9.17) is 0 Å². The molecule has 0 aliphatic rings. The van der Waals surface area contributed by atoms with Gasteiger partial charge >= 0.3 is 12.1 Å². The van der Waals surface area contributed by atoms with E-state index in [0.717, 1.165) is 29.2 Å². The number of rotatable bonds is 6. The van der Waals surface area contributed by atoms with Crippen molar-refractivity contribution >= 4 is 40.0 Å². The molecular weight excluding hydrogens is 498 g/mol. The van der Waals surface area contributed by atoms with Gasteiger partial charge in [0.1, 0.15) is 18.7 Å². The van der Waals surface area contributed by atoms with Gasteiger partial charge in [-0.2, -0.15) is 18.3 Å². The van der Waals surface area contributed by atoms with E-state index < -0.39 is 41.3 Å². The molecule has 0 spiro atoms. The van der Waals surface area contributed by atoms with E-state index in [-0.39, 0.29) is 34.6 Å². The Morgan fingerprint density at radius 3 is 2.58 bits per heavy atom. The second-order valence-electron chi connectivity index (χ2n) is 7.11. The summed E-state index contributed by atoms with van der Waals surface area (Å²) in [7, 11) is 0. The lowest BCUT2D eigenvalue weighted by Crippen LogP contribution is -2.28. The highest BCUT2D eigenvalue weighted by Crippen LogP contribution is 2.30. The van der Waals surface area contributed by atoms with Crippen molar-refractivity contribution in [2.24, 2.45) is 0 Å². The fourth-order valence-corrected chi connectivity index (χ4v) is 2.98. The minimum atomic E-state index is -5.32. The minimum Gasteiger partial charge on any atom is -0.417 e. The van der Waals surface area contributed by atoms with Gasteiger partial charge in [-0.15, -0.1) is 0 Å². The lowest BCUT2D eigenvalue weighted by atomic mass is 10.2. The van der Waals surface area contributed by atoms with Crippen LogP contribution in [0.2, 0.25) is 0 Å². The molecule has 15 heteroatoms. The number of carbonyl (C=O) groups excluding carboxylic acids is 2. The minimum absolute atomic E-state index is 0.0263. The number of nitrogens with one attached hydrogen (secondary N) is 2. The number of aromatic nitrogens is 4. The number of ether oxygens (including phenoxy) is 1. The van der Waals surface area contributed by atoms with Crippen LogP contribution >= 0.6 is 0 Å². The average Bonchev–Trinajstić information content (AvgIpc) is 3.23. The zero-order valence-corrected chi connectivity index (χ0v) is 17.6. The van der Waals surface area contributed by atoms with Crippen LogP contribution in [0, 0.1) is 17.5 Å². The van der Waals surface area contributed by atoms with Crippen molar-refractivity contribution in [1.82, 2.24) is 19.7 Å². The van der Waals surface area contributed by atoms with E-state index in [0.29, 0.717) is 0 Å². The van der Waals surface area contributed by atoms with E-state index in [2.05, 4.69) is 30.4 Å². The van der Waals surface area contributed by atoms with Gasteiger partial charge in [0.15, 0.2) is 23.2 Å². The largest absolute Gasteiger partial charge is 0.491 e. The molecule has 2 N–H and O–H groups in total. The summed E-state index contributed by atoms with van der Waals surface area (Å²) in [6.07, 6.45) is -1.66. The number of alkyl halides is 3. The lowest BCUT2D eigenvalue weighted by Gasteiger charge is -2.10. The van der Waals surface area contributed by atoms with Crippen molar-refractivity contribution in [3.8, 4) is 5.75 Å². The van der Waals surface area contributed by atoms with Crippen LogP contribution in [-0.4, -0.2) is 37.8 Å². The highest BCUT2D eigenvalue weighted by Gasteiger charge is 2.41. The summed E-state index contributed by atoms with van der Waals surface area (Å²) >= 11 is 0. The highest BCUT2D eigenvalue weighted by atomic mass is 19.4. The lowest BCUT2D eigenvalue weighted by molar-refractivity contribution is -0.189. The van der Waals surface area contributed by atoms with Crippen molar-refractivity contribution < 1.29 is 40.7 Å². The topological polar surface area (TPSA) is 111 Å². The third-order valence-electron chi connectivity index (χ3n) is 4.55. The molecule has 0 bridgehead atoms. The third kappa shape index (κ3) is 5.34. The Bertz CT molecular complexity index is 1470. The monoisotopic (exact) mass is 510 g/mol. The molecule has 2 aromatic carbocycles. The van der Waals surface area contributed by atoms with Crippen molar-refractivity contribution in [3.63, 3.8) is 0 Å². The number of carbonyl (C=O) groups is 2. The number of benzene rings is 2. The van der Waals surface area contributed by atoms with Crippen molar-refractivity contribution in [2.75, 3.05) is 10.6 Å². The van der Waals surface area contributed by atoms with Crippen molar-refractivity contribution in [1.29, 1.82) is 0 Å². The summed E-state index contributed by atoms with van der Waals surface area (Å²) in [5.41, 5.74) is -0.115. The van der Waals surface area contributed by atoms with Crippen LogP contribution in [0.5, 0.6) is 5.75 Å². The number of nitrogens with zero attached hydrogens (tertiary/aromatic N) is 4. The number of halogens is 6. The first-order valence-electron chi connectivity index (χ1n) is 9.78. The van der Waals surface area contributed by atoms with E-state index in [9.17, 15) is 35.9 Å². The second-order valence-corrected chi connectivity index (χ2v) is 7.11. The third-order valence-corrected chi connectivity index (χ3v) is 4.55. The number of esters is 1. The molecule has 4 rings (SSSR count). The molecule has 0 fully saturated rings. The zero-order valence-electron chi connectivity index (χ0n) is 17.6. The first kappa shape index (κ1) is 24.4. The SMILES string of the molecule is O=C(Cn1cc(Nc2ncnc3cc(OC(=O)C(F)(F)F)c(F)cc23)cn1)Nc1cccc(F)c1F. The van der Waals surface area contributed by atoms with E-state index in [1.165, 1.54) is 24.5 Å². The van der Waals surface area contributed by atoms with Gasteiger partial charge in [0.05, 0.1) is 23.1 Å². The molecule has 2 heterocycles. The van der Waals surface area contributed by atoms with Gasteiger partial charge < -0.3 is 15.4 Å². The Kier molecular flexibility index (Phi) is 6.46.